The third-order valence-electron chi connectivity index (χ3n) is 6.58. The first kappa shape index (κ1) is 22.5. The van der Waals surface area contributed by atoms with Crippen molar-refractivity contribution in [2.75, 3.05) is 11.9 Å². The van der Waals surface area contributed by atoms with Gasteiger partial charge in [0.05, 0.1) is 5.56 Å². The fourth-order valence-electron chi connectivity index (χ4n) is 4.21. The van der Waals surface area contributed by atoms with Crippen molar-refractivity contribution >= 4 is 17.6 Å². The van der Waals surface area contributed by atoms with Gasteiger partial charge >= 0.3 is 5.97 Å². The average Bonchev–Trinajstić information content (AvgIpc) is 2.73. The quantitative estimate of drug-likeness (QED) is 0.424. The molecule has 1 aliphatic heterocycles. The van der Waals surface area contributed by atoms with Gasteiger partial charge in [0.15, 0.2) is 5.96 Å². The molecule has 0 aromatic heterocycles. The van der Waals surface area contributed by atoms with Crippen molar-refractivity contribution in [2.45, 2.75) is 59.0 Å². The van der Waals surface area contributed by atoms with Crippen LogP contribution in [0.15, 0.2) is 18.2 Å². The molecule has 0 fully saturated rings. The van der Waals surface area contributed by atoms with Crippen LogP contribution in [-0.2, 0) is 12.8 Å². The van der Waals surface area contributed by atoms with Crippen molar-refractivity contribution in [3.63, 3.8) is 0 Å². The number of fused-ring (bicyclic) bond motifs is 1. The maximum Gasteiger partial charge on any atom is 0.335 e. The zero-order valence-corrected chi connectivity index (χ0v) is 18.8. The molecule has 0 aliphatic carbocycles. The van der Waals surface area contributed by atoms with E-state index in [0.29, 0.717) is 29.8 Å². The lowest BCUT2D eigenvalue weighted by atomic mass is 9.84. The third kappa shape index (κ3) is 4.17. The minimum absolute atomic E-state index is 0.113. The van der Waals surface area contributed by atoms with Gasteiger partial charge in [-0.15, -0.1) is 0 Å². The molecule has 31 heavy (non-hydrogen) atoms. The van der Waals surface area contributed by atoms with E-state index in [1.54, 1.807) is 25.2 Å². The van der Waals surface area contributed by atoms with Gasteiger partial charge in [0.1, 0.15) is 17.1 Å². The van der Waals surface area contributed by atoms with Crippen molar-refractivity contribution in [1.29, 1.82) is 5.41 Å². The van der Waals surface area contributed by atoms with Crippen LogP contribution in [0.4, 0.5) is 5.69 Å². The number of rotatable bonds is 5. The van der Waals surface area contributed by atoms with E-state index >= 15 is 0 Å². The average molecular weight is 426 g/mol. The number of hydrogen-bond donors (Lipinski definition) is 4. The van der Waals surface area contributed by atoms with Crippen LogP contribution in [0.1, 0.15) is 57.9 Å². The number of nitrogens with two attached hydrogens (primary N) is 1. The number of aromatic carboxylic acids is 1. The molecule has 0 radical (unpaired) electrons. The lowest BCUT2D eigenvalue weighted by Crippen LogP contribution is -2.37. The SMILES string of the molecule is Cc1c(C)c2c(c(C)c1O)CCC(C)(CCc1cc(N(C)C(=N)N)ccc1C(=O)O)O2. The summed E-state index contributed by atoms with van der Waals surface area (Å²) < 4.78 is 6.48. The van der Waals surface area contributed by atoms with Crippen LogP contribution in [0.25, 0.3) is 0 Å². The molecule has 1 aliphatic rings. The summed E-state index contributed by atoms with van der Waals surface area (Å²) in [5.74, 6) is 0.0772. The number of guanidine groups is 1. The highest BCUT2D eigenvalue weighted by Crippen LogP contribution is 2.44. The number of benzene rings is 2. The van der Waals surface area contributed by atoms with Gasteiger partial charge in [-0.25, -0.2) is 4.79 Å². The normalized spacial score (nSPS) is 17.6. The van der Waals surface area contributed by atoms with Gasteiger partial charge in [-0.2, -0.15) is 0 Å². The Morgan fingerprint density at radius 1 is 1.26 bits per heavy atom. The first-order chi connectivity index (χ1) is 14.4. The minimum atomic E-state index is -0.982. The maximum absolute atomic E-state index is 11.7. The Hall–Kier alpha value is -3.22. The Morgan fingerprint density at radius 3 is 2.55 bits per heavy atom. The van der Waals surface area contributed by atoms with Crippen LogP contribution < -0.4 is 15.4 Å². The summed E-state index contributed by atoms with van der Waals surface area (Å²) >= 11 is 0. The number of carboxylic acid groups (broad SMARTS) is 1. The summed E-state index contributed by atoms with van der Waals surface area (Å²) in [6.07, 6.45) is 2.73. The summed E-state index contributed by atoms with van der Waals surface area (Å²) in [6, 6.07) is 5.00. The fraction of sp³-hybridized carbons (Fsp3) is 0.417. The zero-order valence-electron chi connectivity index (χ0n) is 18.8. The highest BCUT2D eigenvalue weighted by molar-refractivity contribution is 5.94. The number of aromatic hydroxyl groups is 1. The minimum Gasteiger partial charge on any atom is -0.507 e. The lowest BCUT2D eigenvalue weighted by Gasteiger charge is -2.38. The Bertz CT molecular complexity index is 1060. The van der Waals surface area contributed by atoms with E-state index in [1.807, 2.05) is 20.8 Å². The molecule has 1 atom stereocenters. The van der Waals surface area contributed by atoms with Crippen LogP contribution in [0.2, 0.25) is 0 Å². The molecule has 166 valence electrons. The summed E-state index contributed by atoms with van der Waals surface area (Å²) in [5.41, 5.74) is 10.4. The van der Waals surface area contributed by atoms with Gasteiger partial charge in [0.2, 0.25) is 0 Å². The van der Waals surface area contributed by atoms with Crippen molar-refractivity contribution in [1.82, 2.24) is 0 Å². The van der Waals surface area contributed by atoms with Gasteiger partial charge in [-0.05, 0) is 93.8 Å². The molecule has 0 amide bonds. The van der Waals surface area contributed by atoms with E-state index < -0.39 is 11.6 Å². The molecule has 0 spiro atoms. The Labute approximate surface area is 183 Å². The summed E-state index contributed by atoms with van der Waals surface area (Å²) in [7, 11) is 1.67. The highest BCUT2D eigenvalue weighted by Gasteiger charge is 2.34. The van der Waals surface area contributed by atoms with Crippen molar-refractivity contribution in [2.24, 2.45) is 5.73 Å². The second-order valence-electron chi connectivity index (χ2n) is 8.67. The molecule has 1 unspecified atom stereocenters. The van der Waals surface area contributed by atoms with Crippen LogP contribution in [0, 0.1) is 26.2 Å². The van der Waals surface area contributed by atoms with Gasteiger partial charge in [-0.1, -0.05) is 0 Å². The van der Waals surface area contributed by atoms with Gasteiger partial charge in [0.25, 0.3) is 0 Å². The molecule has 2 aromatic carbocycles. The maximum atomic E-state index is 11.7. The summed E-state index contributed by atoms with van der Waals surface area (Å²) in [5, 5.41) is 27.6. The van der Waals surface area contributed by atoms with Gasteiger partial charge in [0, 0.05) is 18.3 Å². The molecule has 0 saturated heterocycles. The van der Waals surface area contributed by atoms with E-state index in [9.17, 15) is 15.0 Å². The first-order valence-electron chi connectivity index (χ1n) is 10.4. The highest BCUT2D eigenvalue weighted by atomic mass is 16.5. The summed E-state index contributed by atoms with van der Waals surface area (Å²) in [4.78, 5) is 13.3. The van der Waals surface area contributed by atoms with Crippen molar-refractivity contribution in [3.8, 4) is 11.5 Å². The number of carboxylic acids is 1. The number of nitrogens with one attached hydrogen (secondary N) is 1. The number of carbonyl (C=O) groups is 1. The molecule has 0 bridgehead atoms. The molecule has 5 N–H and O–H groups in total. The second-order valence-corrected chi connectivity index (χ2v) is 8.67. The smallest absolute Gasteiger partial charge is 0.335 e. The second kappa shape index (κ2) is 8.13. The Balaban J connectivity index is 1.89. The van der Waals surface area contributed by atoms with E-state index in [0.717, 1.165) is 40.8 Å². The van der Waals surface area contributed by atoms with Gasteiger partial charge < -0.3 is 25.6 Å². The molecule has 2 aromatic rings. The number of phenols is 1. The van der Waals surface area contributed by atoms with E-state index in [2.05, 4.69) is 6.92 Å². The van der Waals surface area contributed by atoms with E-state index in [1.165, 1.54) is 4.90 Å². The zero-order chi connectivity index (χ0) is 23.1. The molecule has 1 heterocycles. The standard InChI is InChI=1S/C24H31N3O4/c1-13-14(2)21-18(15(3)20(13)28)9-11-24(4,31-21)10-8-16-12-17(27(5)23(25)26)6-7-19(16)22(29)30/h6-7,12,28H,8-11H2,1-5H3,(H3,25,26)(H,29,30). The largest absolute Gasteiger partial charge is 0.507 e. The lowest BCUT2D eigenvalue weighted by molar-refractivity contribution is 0.0547. The van der Waals surface area contributed by atoms with Crippen LogP contribution in [-0.4, -0.2) is 34.8 Å². The molecule has 7 heteroatoms. The van der Waals surface area contributed by atoms with Crippen molar-refractivity contribution in [3.05, 3.63) is 51.6 Å². The van der Waals surface area contributed by atoms with Crippen LogP contribution >= 0.6 is 0 Å². The predicted molar refractivity (Wildman–Crippen MR) is 122 cm³/mol. The molecule has 7 nitrogen and oxygen atoms in total. The van der Waals surface area contributed by atoms with Crippen LogP contribution in [0.3, 0.4) is 0 Å². The number of phenolic OH excluding ortho intramolecular Hbond substituents is 1. The number of ether oxygens (including phenoxy) is 1. The number of anilines is 1. The van der Waals surface area contributed by atoms with Crippen LogP contribution in [0.5, 0.6) is 11.5 Å². The molecular formula is C24H31N3O4. The number of aryl methyl sites for hydroxylation is 1. The molecule has 0 saturated carbocycles. The van der Waals surface area contributed by atoms with E-state index in [4.69, 9.17) is 15.9 Å². The number of hydrogen-bond acceptors (Lipinski definition) is 4. The third-order valence-corrected chi connectivity index (χ3v) is 6.58. The Kier molecular flexibility index (Phi) is 5.89. The molecular weight excluding hydrogens is 394 g/mol. The summed E-state index contributed by atoms with van der Waals surface area (Å²) in [6.45, 7) is 7.83. The molecule has 3 rings (SSSR count). The first-order valence-corrected chi connectivity index (χ1v) is 10.4. The monoisotopic (exact) mass is 425 g/mol. The van der Waals surface area contributed by atoms with Gasteiger partial charge in [-0.3, -0.25) is 5.41 Å². The van der Waals surface area contributed by atoms with Crippen molar-refractivity contribution < 1.29 is 19.7 Å². The topological polar surface area (TPSA) is 120 Å². The van der Waals surface area contributed by atoms with E-state index in [-0.39, 0.29) is 11.5 Å². The fourth-order valence-corrected chi connectivity index (χ4v) is 4.21. The predicted octanol–water partition coefficient (Wildman–Crippen LogP) is 4.06. The Morgan fingerprint density at radius 2 is 1.94 bits per heavy atom. The number of nitrogens with zero attached hydrogens (tertiary/aromatic N) is 1.